The van der Waals surface area contributed by atoms with Gasteiger partial charge in [-0.1, -0.05) is 48.2 Å². The molecule has 0 fully saturated rings. The molecule has 0 aliphatic carbocycles. The van der Waals surface area contributed by atoms with Crippen LogP contribution < -0.4 is 5.32 Å². The molecule has 0 unspecified atom stereocenters. The third kappa shape index (κ3) is 4.64. The van der Waals surface area contributed by atoms with Gasteiger partial charge in [0.2, 0.25) is 5.91 Å². The second-order valence-corrected chi connectivity index (χ2v) is 7.70. The first kappa shape index (κ1) is 20.7. The number of hydrogen-bond acceptors (Lipinski definition) is 4. The molecule has 0 saturated heterocycles. The summed E-state index contributed by atoms with van der Waals surface area (Å²) in [5, 5.41) is 11.5. The molecule has 0 aliphatic heterocycles. The van der Waals surface area contributed by atoms with Gasteiger partial charge in [0.05, 0.1) is 11.3 Å². The van der Waals surface area contributed by atoms with Gasteiger partial charge < -0.3 is 5.32 Å². The van der Waals surface area contributed by atoms with Crippen molar-refractivity contribution in [2.24, 2.45) is 0 Å². The summed E-state index contributed by atoms with van der Waals surface area (Å²) in [4.78, 5) is 12.4. The predicted octanol–water partition coefficient (Wildman–Crippen LogP) is 5.25. The SMILES string of the molecule is Cc1ccc(NC(=O)CSc2nnc(-c3ccccc3F)n2-c2ccccc2)cc1F. The minimum atomic E-state index is -0.414. The third-order valence-electron chi connectivity index (χ3n) is 4.55. The van der Waals surface area contributed by atoms with Crippen molar-refractivity contribution in [3.8, 4) is 17.1 Å². The highest BCUT2D eigenvalue weighted by atomic mass is 32.2. The van der Waals surface area contributed by atoms with Crippen LogP contribution in [0.15, 0.2) is 78.0 Å². The van der Waals surface area contributed by atoms with E-state index in [1.165, 1.54) is 12.1 Å². The van der Waals surface area contributed by atoms with E-state index in [0.29, 0.717) is 27.8 Å². The van der Waals surface area contributed by atoms with Gasteiger partial charge in [-0.25, -0.2) is 8.78 Å². The van der Waals surface area contributed by atoms with E-state index in [1.807, 2.05) is 30.3 Å². The minimum absolute atomic E-state index is 0.0255. The quantitative estimate of drug-likeness (QED) is 0.419. The summed E-state index contributed by atoms with van der Waals surface area (Å²) in [6, 6.07) is 20.1. The molecule has 4 aromatic rings. The van der Waals surface area contributed by atoms with Crippen LogP contribution in [-0.4, -0.2) is 26.4 Å². The van der Waals surface area contributed by atoms with Gasteiger partial charge >= 0.3 is 0 Å². The maximum atomic E-state index is 14.4. The van der Waals surface area contributed by atoms with E-state index in [0.717, 1.165) is 17.4 Å². The Kier molecular flexibility index (Phi) is 6.08. The van der Waals surface area contributed by atoms with Crippen LogP contribution in [0.25, 0.3) is 17.1 Å². The lowest BCUT2D eigenvalue weighted by atomic mass is 10.2. The number of amides is 1. The molecule has 1 N–H and O–H groups in total. The minimum Gasteiger partial charge on any atom is -0.325 e. The Morgan fingerprint density at radius 3 is 2.45 bits per heavy atom. The normalized spacial score (nSPS) is 10.8. The van der Waals surface area contributed by atoms with Crippen molar-refractivity contribution in [3.05, 3.63) is 90.0 Å². The van der Waals surface area contributed by atoms with Crippen molar-refractivity contribution >= 4 is 23.4 Å². The van der Waals surface area contributed by atoms with Gasteiger partial charge in [-0.2, -0.15) is 0 Å². The molecule has 31 heavy (non-hydrogen) atoms. The number of anilines is 1. The molecule has 3 aromatic carbocycles. The second-order valence-electron chi connectivity index (χ2n) is 6.76. The fourth-order valence-corrected chi connectivity index (χ4v) is 3.74. The van der Waals surface area contributed by atoms with Gasteiger partial charge in [-0.15, -0.1) is 10.2 Å². The van der Waals surface area contributed by atoms with Crippen molar-refractivity contribution in [2.75, 3.05) is 11.1 Å². The van der Waals surface area contributed by atoms with E-state index in [4.69, 9.17) is 0 Å². The van der Waals surface area contributed by atoms with Gasteiger partial charge in [-0.05, 0) is 48.9 Å². The number of hydrogen-bond donors (Lipinski definition) is 1. The average molecular weight is 436 g/mol. The van der Waals surface area contributed by atoms with E-state index in [1.54, 1.807) is 41.8 Å². The highest BCUT2D eigenvalue weighted by Gasteiger charge is 2.19. The Bertz CT molecular complexity index is 1230. The molecular formula is C23H18F2N4OS. The number of nitrogens with zero attached hydrogens (tertiary/aromatic N) is 3. The summed E-state index contributed by atoms with van der Waals surface area (Å²) in [5.74, 6) is -0.750. The Morgan fingerprint density at radius 1 is 0.968 bits per heavy atom. The maximum Gasteiger partial charge on any atom is 0.234 e. The molecular weight excluding hydrogens is 418 g/mol. The van der Waals surface area contributed by atoms with Crippen LogP contribution in [-0.2, 0) is 4.79 Å². The molecule has 0 radical (unpaired) electrons. The highest BCUT2D eigenvalue weighted by Crippen LogP contribution is 2.29. The molecule has 8 heteroatoms. The Morgan fingerprint density at radius 2 is 1.71 bits per heavy atom. The molecule has 0 spiro atoms. The zero-order valence-corrected chi connectivity index (χ0v) is 17.4. The van der Waals surface area contributed by atoms with Crippen LogP contribution >= 0.6 is 11.8 Å². The van der Waals surface area contributed by atoms with Crippen LogP contribution in [0.5, 0.6) is 0 Å². The standard InChI is InChI=1S/C23H18F2N4OS/c1-15-11-12-16(13-20(15)25)26-21(30)14-31-23-28-27-22(18-9-5-6-10-19(18)24)29(23)17-7-3-2-4-8-17/h2-13H,14H2,1H3,(H,26,30). The van der Waals surface area contributed by atoms with E-state index >= 15 is 0 Å². The van der Waals surface area contributed by atoms with Gasteiger partial charge in [0.25, 0.3) is 0 Å². The van der Waals surface area contributed by atoms with Crippen LogP contribution in [0.1, 0.15) is 5.56 Å². The van der Waals surface area contributed by atoms with Crippen LogP contribution in [0.3, 0.4) is 0 Å². The fourth-order valence-electron chi connectivity index (χ4n) is 2.99. The summed E-state index contributed by atoms with van der Waals surface area (Å²) in [5.41, 5.74) is 1.94. The summed E-state index contributed by atoms with van der Waals surface area (Å²) < 4.78 is 29.8. The van der Waals surface area contributed by atoms with Crippen molar-refractivity contribution in [2.45, 2.75) is 12.1 Å². The number of benzene rings is 3. The van der Waals surface area contributed by atoms with E-state index in [9.17, 15) is 13.6 Å². The summed E-state index contributed by atoms with van der Waals surface area (Å²) in [7, 11) is 0. The largest absolute Gasteiger partial charge is 0.325 e. The summed E-state index contributed by atoms with van der Waals surface area (Å²) in [6.07, 6.45) is 0. The number of carbonyl (C=O) groups excluding carboxylic acids is 1. The first-order valence-corrected chi connectivity index (χ1v) is 10.5. The van der Waals surface area contributed by atoms with Crippen molar-refractivity contribution in [1.29, 1.82) is 0 Å². The average Bonchev–Trinajstić information content (AvgIpc) is 3.19. The number of carbonyl (C=O) groups is 1. The number of halogens is 2. The van der Waals surface area contributed by atoms with E-state index in [2.05, 4.69) is 15.5 Å². The lowest BCUT2D eigenvalue weighted by Crippen LogP contribution is -2.14. The number of rotatable bonds is 6. The van der Waals surface area contributed by atoms with Gasteiger partial charge in [0.15, 0.2) is 11.0 Å². The molecule has 1 aromatic heterocycles. The van der Waals surface area contributed by atoms with Crippen LogP contribution in [0, 0.1) is 18.6 Å². The zero-order chi connectivity index (χ0) is 21.8. The zero-order valence-electron chi connectivity index (χ0n) is 16.5. The topological polar surface area (TPSA) is 59.8 Å². The number of aromatic nitrogens is 3. The molecule has 0 saturated carbocycles. The number of aryl methyl sites for hydroxylation is 1. The molecule has 156 valence electrons. The second kappa shape index (κ2) is 9.09. The Hall–Kier alpha value is -3.52. The maximum absolute atomic E-state index is 14.4. The number of nitrogens with one attached hydrogen (secondary N) is 1. The lowest BCUT2D eigenvalue weighted by Gasteiger charge is -2.11. The van der Waals surface area contributed by atoms with Crippen LogP contribution in [0.4, 0.5) is 14.5 Å². The molecule has 0 atom stereocenters. The Balaban J connectivity index is 1.59. The molecule has 0 bridgehead atoms. The molecule has 4 rings (SSSR count). The highest BCUT2D eigenvalue weighted by molar-refractivity contribution is 7.99. The molecule has 1 heterocycles. The van der Waals surface area contributed by atoms with Gasteiger partial charge in [0, 0.05) is 11.4 Å². The summed E-state index contributed by atoms with van der Waals surface area (Å²) in [6.45, 7) is 1.65. The Labute approximate surface area is 182 Å². The van der Waals surface area contributed by atoms with E-state index in [-0.39, 0.29) is 17.5 Å². The number of thioether (sulfide) groups is 1. The van der Waals surface area contributed by atoms with Crippen molar-refractivity contribution < 1.29 is 13.6 Å². The molecule has 0 aliphatic rings. The monoisotopic (exact) mass is 436 g/mol. The third-order valence-corrected chi connectivity index (χ3v) is 5.48. The predicted molar refractivity (Wildman–Crippen MR) is 117 cm³/mol. The van der Waals surface area contributed by atoms with Gasteiger partial charge in [-0.3, -0.25) is 9.36 Å². The first-order chi connectivity index (χ1) is 15.0. The molecule has 5 nitrogen and oxygen atoms in total. The van der Waals surface area contributed by atoms with Gasteiger partial charge in [0.1, 0.15) is 11.6 Å². The fraction of sp³-hybridized carbons (Fsp3) is 0.0870. The lowest BCUT2D eigenvalue weighted by molar-refractivity contribution is -0.113. The smallest absolute Gasteiger partial charge is 0.234 e. The molecule has 1 amide bonds. The summed E-state index contributed by atoms with van der Waals surface area (Å²) >= 11 is 1.16. The van der Waals surface area contributed by atoms with Crippen molar-refractivity contribution in [1.82, 2.24) is 14.8 Å². The number of para-hydroxylation sites is 1. The van der Waals surface area contributed by atoms with Crippen molar-refractivity contribution in [3.63, 3.8) is 0 Å². The van der Waals surface area contributed by atoms with Crippen LogP contribution in [0.2, 0.25) is 0 Å². The first-order valence-electron chi connectivity index (χ1n) is 9.47. The van der Waals surface area contributed by atoms with E-state index < -0.39 is 5.82 Å².